The summed E-state index contributed by atoms with van der Waals surface area (Å²) in [4.78, 5) is 23.8. The Morgan fingerprint density at radius 2 is 1.79 bits per heavy atom. The number of ketones is 1. The first-order chi connectivity index (χ1) is 16.0. The van der Waals surface area contributed by atoms with Gasteiger partial charge in [0, 0.05) is 23.4 Å². The number of thioether (sulfide) groups is 1. The molecule has 2 heterocycles. The maximum Gasteiger partial charge on any atom is 0.225 e. The molecule has 7 nitrogen and oxygen atoms in total. The first kappa shape index (κ1) is 22.5. The lowest BCUT2D eigenvalue weighted by Gasteiger charge is -2.10. The summed E-state index contributed by atoms with van der Waals surface area (Å²) >= 11 is 1.49. The largest absolute Gasteiger partial charge is 0.469 e. The standard InChI is InChI=1S/C25H24N4O3S/c1-17(30)20-8-10-21(11-9-20)26-23(31)13-15-33-25-28-27-24(22-12-14-32-18(22)2)29(25)16-19-6-4-3-5-7-19/h3-12,14H,13,15-16H2,1-2H3,(H,26,31). The fraction of sp³-hybridized carbons (Fsp3) is 0.200. The van der Waals surface area contributed by atoms with Crippen LogP contribution in [0.1, 0.15) is 35.0 Å². The average molecular weight is 461 g/mol. The molecule has 0 bridgehead atoms. The van der Waals surface area contributed by atoms with Crippen molar-refractivity contribution in [1.29, 1.82) is 0 Å². The first-order valence-corrected chi connectivity index (χ1v) is 11.5. The van der Waals surface area contributed by atoms with Gasteiger partial charge in [0.2, 0.25) is 5.91 Å². The highest BCUT2D eigenvalue weighted by Gasteiger charge is 2.18. The molecule has 0 radical (unpaired) electrons. The molecule has 1 amide bonds. The Morgan fingerprint density at radius 1 is 1.03 bits per heavy atom. The molecule has 1 N–H and O–H groups in total. The zero-order valence-corrected chi connectivity index (χ0v) is 19.3. The Hall–Kier alpha value is -3.65. The van der Waals surface area contributed by atoms with Gasteiger partial charge >= 0.3 is 0 Å². The Bertz CT molecular complexity index is 1250. The lowest BCUT2D eigenvalue weighted by Crippen LogP contribution is -2.12. The number of aromatic nitrogens is 3. The summed E-state index contributed by atoms with van der Waals surface area (Å²) < 4.78 is 7.52. The molecule has 2 aromatic carbocycles. The number of nitrogens with one attached hydrogen (secondary N) is 1. The minimum atomic E-state index is -0.0990. The van der Waals surface area contributed by atoms with Crippen LogP contribution in [0, 0.1) is 6.92 Å². The molecule has 4 aromatic rings. The molecule has 0 aliphatic heterocycles. The van der Waals surface area contributed by atoms with E-state index >= 15 is 0 Å². The molecule has 0 unspecified atom stereocenters. The van der Waals surface area contributed by atoms with Crippen LogP contribution >= 0.6 is 11.8 Å². The number of benzene rings is 2. The van der Waals surface area contributed by atoms with Crippen molar-refractivity contribution >= 4 is 29.1 Å². The maximum atomic E-state index is 12.4. The van der Waals surface area contributed by atoms with E-state index in [1.54, 1.807) is 30.5 Å². The van der Waals surface area contributed by atoms with Gasteiger partial charge in [-0.1, -0.05) is 42.1 Å². The zero-order valence-electron chi connectivity index (χ0n) is 18.4. The van der Waals surface area contributed by atoms with Crippen LogP contribution < -0.4 is 5.32 Å². The predicted molar refractivity (Wildman–Crippen MR) is 128 cm³/mol. The van der Waals surface area contributed by atoms with E-state index in [1.165, 1.54) is 18.7 Å². The number of carbonyl (C=O) groups excluding carboxylic acids is 2. The number of aryl methyl sites for hydroxylation is 1. The number of furan rings is 1. The zero-order chi connectivity index (χ0) is 23.2. The summed E-state index contributed by atoms with van der Waals surface area (Å²) in [5.74, 6) is 1.97. The van der Waals surface area contributed by atoms with Crippen LogP contribution in [-0.4, -0.2) is 32.2 Å². The maximum absolute atomic E-state index is 12.4. The van der Waals surface area contributed by atoms with E-state index in [0.29, 0.717) is 30.0 Å². The number of nitrogens with zero attached hydrogens (tertiary/aromatic N) is 3. The van der Waals surface area contributed by atoms with Crippen molar-refractivity contribution in [2.45, 2.75) is 32.0 Å². The smallest absolute Gasteiger partial charge is 0.225 e. The minimum absolute atomic E-state index is 0.00567. The lowest BCUT2D eigenvalue weighted by atomic mass is 10.1. The van der Waals surface area contributed by atoms with Crippen LogP contribution in [0.2, 0.25) is 0 Å². The number of hydrogen-bond acceptors (Lipinski definition) is 6. The molecule has 2 aromatic heterocycles. The Balaban J connectivity index is 1.43. The van der Waals surface area contributed by atoms with Crippen LogP contribution in [0.15, 0.2) is 76.5 Å². The number of anilines is 1. The minimum Gasteiger partial charge on any atom is -0.469 e. The van der Waals surface area contributed by atoms with Crippen LogP contribution in [0.3, 0.4) is 0 Å². The van der Waals surface area contributed by atoms with Crippen molar-refractivity contribution in [3.63, 3.8) is 0 Å². The normalized spacial score (nSPS) is 10.8. The molecule has 0 aliphatic carbocycles. The summed E-state index contributed by atoms with van der Waals surface area (Å²) in [6.45, 7) is 4.03. The first-order valence-electron chi connectivity index (χ1n) is 10.6. The second kappa shape index (κ2) is 10.3. The molecule has 0 spiro atoms. The predicted octanol–water partition coefficient (Wildman–Crippen LogP) is 5.22. The molecular formula is C25H24N4O3S. The Kier molecular flexibility index (Phi) is 7.04. The molecule has 0 atom stereocenters. The van der Waals surface area contributed by atoms with Crippen molar-refractivity contribution in [1.82, 2.24) is 14.8 Å². The molecular weight excluding hydrogens is 436 g/mol. The molecule has 0 saturated carbocycles. The quantitative estimate of drug-likeness (QED) is 0.272. The van der Waals surface area contributed by atoms with E-state index in [4.69, 9.17) is 4.42 Å². The van der Waals surface area contributed by atoms with Gasteiger partial charge in [0.25, 0.3) is 0 Å². The summed E-state index contributed by atoms with van der Waals surface area (Å²) in [6.07, 6.45) is 1.96. The molecule has 0 saturated heterocycles. The van der Waals surface area contributed by atoms with Gasteiger partial charge in [0.1, 0.15) is 5.76 Å². The van der Waals surface area contributed by atoms with Crippen molar-refractivity contribution in [3.8, 4) is 11.4 Å². The molecule has 8 heteroatoms. The van der Waals surface area contributed by atoms with Gasteiger partial charge in [-0.2, -0.15) is 0 Å². The second-order valence-corrected chi connectivity index (χ2v) is 8.61. The van der Waals surface area contributed by atoms with Gasteiger partial charge in [-0.3, -0.25) is 14.2 Å². The number of Topliss-reactive ketones (excluding diaryl/α,β-unsaturated/α-hetero) is 1. The van der Waals surface area contributed by atoms with Gasteiger partial charge in [-0.15, -0.1) is 10.2 Å². The molecule has 168 valence electrons. The number of hydrogen-bond donors (Lipinski definition) is 1. The van der Waals surface area contributed by atoms with Crippen molar-refractivity contribution in [2.24, 2.45) is 0 Å². The molecule has 33 heavy (non-hydrogen) atoms. The number of rotatable bonds is 9. The van der Waals surface area contributed by atoms with Gasteiger partial charge in [0.05, 0.1) is 18.4 Å². The highest BCUT2D eigenvalue weighted by atomic mass is 32.2. The third kappa shape index (κ3) is 5.59. The highest BCUT2D eigenvalue weighted by Crippen LogP contribution is 2.28. The SMILES string of the molecule is CC(=O)c1ccc(NC(=O)CCSc2nnc(-c3ccoc3C)n2Cc2ccccc2)cc1. The van der Waals surface area contributed by atoms with Gasteiger partial charge in [0.15, 0.2) is 16.8 Å². The number of amides is 1. The van der Waals surface area contributed by atoms with E-state index in [-0.39, 0.29) is 11.7 Å². The molecule has 0 aliphatic rings. The molecule has 4 rings (SSSR count). The van der Waals surface area contributed by atoms with E-state index in [0.717, 1.165) is 27.9 Å². The summed E-state index contributed by atoms with van der Waals surface area (Å²) in [6, 6.07) is 18.9. The van der Waals surface area contributed by atoms with Crippen LogP contribution in [0.25, 0.3) is 11.4 Å². The lowest BCUT2D eigenvalue weighted by molar-refractivity contribution is -0.115. The van der Waals surface area contributed by atoms with Crippen molar-refractivity contribution < 1.29 is 14.0 Å². The third-order valence-electron chi connectivity index (χ3n) is 5.14. The number of carbonyl (C=O) groups is 2. The summed E-state index contributed by atoms with van der Waals surface area (Å²) in [5.41, 5.74) is 3.32. The van der Waals surface area contributed by atoms with E-state index in [1.807, 2.05) is 31.2 Å². The van der Waals surface area contributed by atoms with Gasteiger partial charge < -0.3 is 9.73 Å². The fourth-order valence-corrected chi connectivity index (χ4v) is 4.24. The summed E-state index contributed by atoms with van der Waals surface area (Å²) in [5, 5.41) is 12.4. The van der Waals surface area contributed by atoms with Crippen molar-refractivity contribution in [2.75, 3.05) is 11.1 Å². The van der Waals surface area contributed by atoms with E-state index < -0.39 is 0 Å². The highest BCUT2D eigenvalue weighted by molar-refractivity contribution is 7.99. The average Bonchev–Trinajstić information content (AvgIpc) is 3.40. The monoisotopic (exact) mass is 460 g/mol. The van der Waals surface area contributed by atoms with Crippen LogP contribution in [0.4, 0.5) is 5.69 Å². The van der Waals surface area contributed by atoms with Crippen LogP contribution in [0.5, 0.6) is 0 Å². The van der Waals surface area contributed by atoms with Gasteiger partial charge in [-0.25, -0.2) is 0 Å². The topological polar surface area (TPSA) is 90.0 Å². The van der Waals surface area contributed by atoms with Crippen molar-refractivity contribution in [3.05, 3.63) is 83.8 Å². The third-order valence-corrected chi connectivity index (χ3v) is 6.10. The second-order valence-electron chi connectivity index (χ2n) is 7.55. The Labute approximate surface area is 196 Å². The fourth-order valence-electron chi connectivity index (χ4n) is 3.37. The van der Waals surface area contributed by atoms with E-state index in [9.17, 15) is 9.59 Å². The Morgan fingerprint density at radius 3 is 2.45 bits per heavy atom. The van der Waals surface area contributed by atoms with Gasteiger partial charge in [-0.05, 0) is 49.7 Å². The molecule has 0 fully saturated rings. The summed E-state index contributed by atoms with van der Waals surface area (Å²) in [7, 11) is 0. The van der Waals surface area contributed by atoms with E-state index in [2.05, 4.69) is 32.2 Å². The van der Waals surface area contributed by atoms with Crippen LogP contribution in [-0.2, 0) is 11.3 Å².